The normalized spacial score (nSPS) is 13.0. The van der Waals surface area contributed by atoms with Crippen molar-refractivity contribution >= 4 is 19.8 Å². The second-order valence-electron chi connectivity index (χ2n) is 33.7. The molecule has 0 aliphatic carbocycles. The molecule has 0 saturated heterocycles. The molecule has 2 atom stereocenters. The molecule has 0 fully saturated rings. The average Bonchev–Trinajstić information content (AvgIpc) is 0.935. The van der Waals surface area contributed by atoms with E-state index in [2.05, 4.69) is 50.3 Å². The number of phosphoric ester groups is 1. The number of hydrogen-bond acceptors (Lipinski definition) is 8. The molecule has 0 heterocycles. The number of quaternary nitrogens is 1. The molecule has 0 amide bonds. The number of ether oxygens (including phenoxy) is 2. The van der Waals surface area contributed by atoms with E-state index in [4.69, 9.17) is 18.5 Å². The molecule has 10 heteroatoms. The third kappa shape index (κ3) is 91.0. The Bertz CT molecular complexity index is 1860. The maximum atomic E-state index is 12.9. The molecule has 0 aromatic heterocycles. The van der Waals surface area contributed by atoms with Crippen molar-refractivity contribution in [3.05, 3.63) is 36.5 Å². The summed E-state index contributed by atoms with van der Waals surface area (Å²) in [6.07, 6.45) is 115. The van der Waals surface area contributed by atoms with Gasteiger partial charge >= 0.3 is 11.9 Å². The van der Waals surface area contributed by atoms with Crippen molar-refractivity contribution in [3.8, 4) is 0 Å². The zero-order chi connectivity index (χ0) is 76.1. The van der Waals surface area contributed by atoms with Crippen LogP contribution in [0.4, 0.5) is 0 Å². The van der Waals surface area contributed by atoms with E-state index < -0.39 is 26.5 Å². The van der Waals surface area contributed by atoms with E-state index in [0.29, 0.717) is 17.4 Å². The van der Waals surface area contributed by atoms with Crippen LogP contribution in [-0.2, 0) is 32.7 Å². The Morgan fingerprint density at radius 1 is 0.295 bits per heavy atom. The van der Waals surface area contributed by atoms with Crippen molar-refractivity contribution in [1.29, 1.82) is 0 Å². The standard InChI is InChI=1S/C95H184NO8P/c1-6-8-10-12-14-16-18-20-22-24-26-28-30-32-34-36-38-40-42-44-46-48-50-52-54-56-58-60-62-64-66-68-70-72-74-76-78-80-82-84-86-88-95(98)104-93(92-103-105(99,100)102-90-89-96(3,4)5)91-101-94(97)87-85-83-81-79-77-75-73-71-69-67-65-63-61-59-57-55-53-51-49-47-45-43-41-39-37-35-33-31-29-27-25-23-21-19-17-15-13-11-9-7-2/h18,20,24,26,30,32,93H,6-17,19,21-23,25,27-29,31,33-92H2,1-5H3/b20-18-,26-24-,32-30-. The zero-order valence-electron chi connectivity index (χ0n) is 71.5. The van der Waals surface area contributed by atoms with E-state index in [1.165, 1.54) is 430 Å². The highest BCUT2D eigenvalue weighted by molar-refractivity contribution is 7.45. The summed E-state index contributed by atoms with van der Waals surface area (Å²) in [6.45, 7) is 4.33. The van der Waals surface area contributed by atoms with Gasteiger partial charge in [0.05, 0.1) is 27.7 Å². The first kappa shape index (κ1) is 103. The minimum absolute atomic E-state index is 0.0263. The second-order valence-corrected chi connectivity index (χ2v) is 35.2. The van der Waals surface area contributed by atoms with Crippen LogP contribution in [0.25, 0.3) is 0 Å². The van der Waals surface area contributed by atoms with Crippen LogP contribution in [0, 0.1) is 0 Å². The number of nitrogens with zero attached hydrogens (tertiary/aromatic N) is 1. The Morgan fingerprint density at radius 2 is 0.514 bits per heavy atom. The predicted octanol–water partition coefficient (Wildman–Crippen LogP) is 31.4. The second kappa shape index (κ2) is 86.2. The minimum atomic E-state index is -4.65. The largest absolute Gasteiger partial charge is 0.756 e. The lowest BCUT2D eigenvalue weighted by Crippen LogP contribution is -2.37. The number of carbonyl (C=O) groups is 2. The first-order chi connectivity index (χ1) is 51.5. The predicted molar refractivity (Wildman–Crippen MR) is 458 cm³/mol. The first-order valence-corrected chi connectivity index (χ1v) is 48.7. The molecule has 0 aromatic rings. The van der Waals surface area contributed by atoms with Gasteiger partial charge in [-0.1, -0.05) is 480 Å². The lowest BCUT2D eigenvalue weighted by Gasteiger charge is -2.28. The molecular formula is C95H184NO8P. The van der Waals surface area contributed by atoms with Crippen LogP contribution in [0.2, 0.25) is 0 Å². The fourth-order valence-corrected chi connectivity index (χ4v) is 15.5. The molecule has 622 valence electrons. The molecule has 0 rings (SSSR count). The summed E-state index contributed by atoms with van der Waals surface area (Å²) in [4.78, 5) is 38.3. The summed E-state index contributed by atoms with van der Waals surface area (Å²) in [5.74, 6) is -0.801. The summed E-state index contributed by atoms with van der Waals surface area (Å²) in [6, 6.07) is 0. The van der Waals surface area contributed by atoms with E-state index in [1.54, 1.807) is 0 Å². The van der Waals surface area contributed by atoms with Gasteiger partial charge in [-0.25, -0.2) is 0 Å². The molecule has 0 aromatic carbocycles. The molecule has 0 saturated carbocycles. The Labute approximate surface area is 656 Å². The van der Waals surface area contributed by atoms with Gasteiger partial charge in [0, 0.05) is 12.8 Å². The number of hydrogen-bond donors (Lipinski definition) is 0. The number of carbonyl (C=O) groups excluding carboxylic acids is 2. The fourth-order valence-electron chi connectivity index (χ4n) is 14.7. The summed E-state index contributed by atoms with van der Waals surface area (Å²) >= 11 is 0. The van der Waals surface area contributed by atoms with E-state index in [0.717, 1.165) is 44.9 Å². The van der Waals surface area contributed by atoms with Gasteiger partial charge in [-0.3, -0.25) is 14.2 Å². The number of allylic oxidation sites excluding steroid dienone is 6. The Kier molecular flexibility index (Phi) is 84.8. The van der Waals surface area contributed by atoms with Crippen molar-refractivity contribution < 1.29 is 42.1 Å². The molecule has 0 radical (unpaired) electrons. The smallest absolute Gasteiger partial charge is 0.306 e. The SMILES string of the molecule is CCCCCCC/C=C\C/C=C\C/C=C\CCCCCCCCCCCCCCCCCCCCCCCCCCCCC(=O)OC(COC(=O)CCCCCCCCCCCCCCCCCCCCCCCCCCCCCCCCCCCCCCCCCC)COP(=O)([O-])OCC[N+](C)(C)C. The number of likely N-dealkylation sites (N-methyl/N-ethyl adjacent to an activating group) is 1. The molecule has 0 aliphatic rings. The molecule has 2 unspecified atom stereocenters. The van der Waals surface area contributed by atoms with E-state index in [9.17, 15) is 19.0 Å². The lowest BCUT2D eigenvalue weighted by atomic mass is 10.0. The maximum absolute atomic E-state index is 12.9. The van der Waals surface area contributed by atoms with Crippen LogP contribution in [0.1, 0.15) is 508 Å². The number of esters is 2. The van der Waals surface area contributed by atoms with Gasteiger partial charge in [0.1, 0.15) is 19.8 Å². The molecule has 105 heavy (non-hydrogen) atoms. The van der Waals surface area contributed by atoms with Gasteiger partial charge in [0.25, 0.3) is 7.82 Å². The number of unbranched alkanes of at least 4 members (excludes halogenated alkanes) is 70. The van der Waals surface area contributed by atoms with Crippen LogP contribution >= 0.6 is 7.82 Å². The van der Waals surface area contributed by atoms with Crippen LogP contribution in [0.3, 0.4) is 0 Å². The lowest BCUT2D eigenvalue weighted by molar-refractivity contribution is -0.870. The van der Waals surface area contributed by atoms with E-state index >= 15 is 0 Å². The van der Waals surface area contributed by atoms with E-state index in [1.807, 2.05) is 21.1 Å². The van der Waals surface area contributed by atoms with Crippen LogP contribution in [0.15, 0.2) is 36.5 Å². The van der Waals surface area contributed by atoms with Gasteiger partial charge in [0.2, 0.25) is 0 Å². The highest BCUT2D eigenvalue weighted by atomic mass is 31.2. The highest BCUT2D eigenvalue weighted by Crippen LogP contribution is 2.38. The van der Waals surface area contributed by atoms with Gasteiger partial charge in [-0.15, -0.1) is 0 Å². The van der Waals surface area contributed by atoms with Crippen molar-refractivity contribution in [2.45, 2.75) is 514 Å². The minimum Gasteiger partial charge on any atom is -0.756 e. The zero-order valence-corrected chi connectivity index (χ0v) is 72.4. The van der Waals surface area contributed by atoms with E-state index in [-0.39, 0.29) is 32.0 Å². The molecule has 9 nitrogen and oxygen atoms in total. The summed E-state index contributed by atoms with van der Waals surface area (Å²) < 4.78 is 34.5. The summed E-state index contributed by atoms with van der Waals surface area (Å²) in [5, 5.41) is 0. The Morgan fingerprint density at radius 3 is 0.762 bits per heavy atom. The quantitative estimate of drug-likeness (QED) is 0.0195. The molecule has 0 spiro atoms. The molecule has 0 N–H and O–H groups in total. The van der Waals surface area contributed by atoms with Crippen molar-refractivity contribution in [2.24, 2.45) is 0 Å². The van der Waals surface area contributed by atoms with Crippen molar-refractivity contribution in [3.63, 3.8) is 0 Å². The van der Waals surface area contributed by atoms with Crippen LogP contribution < -0.4 is 4.89 Å². The van der Waals surface area contributed by atoms with Gasteiger partial charge < -0.3 is 27.9 Å². The Hall–Kier alpha value is -1.77. The number of rotatable bonds is 90. The molecular weight excluding hydrogens is 1310 g/mol. The summed E-state index contributed by atoms with van der Waals surface area (Å²) in [5.41, 5.74) is 0. The fraction of sp³-hybridized carbons (Fsp3) is 0.916. The third-order valence-electron chi connectivity index (χ3n) is 21.9. The first-order valence-electron chi connectivity index (χ1n) is 47.2. The van der Waals surface area contributed by atoms with Crippen LogP contribution in [0.5, 0.6) is 0 Å². The van der Waals surface area contributed by atoms with Gasteiger partial charge in [-0.2, -0.15) is 0 Å². The summed E-state index contributed by atoms with van der Waals surface area (Å²) in [7, 11) is 1.20. The monoisotopic (exact) mass is 1500 g/mol. The van der Waals surface area contributed by atoms with Gasteiger partial charge in [-0.05, 0) is 51.4 Å². The topological polar surface area (TPSA) is 111 Å². The molecule has 0 bridgehead atoms. The Balaban J connectivity index is 3.81. The maximum Gasteiger partial charge on any atom is 0.306 e. The number of phosphoric acid groups is 1. The van der Waals surface area contributed by atoms with Crippen molar-refractivity contribution in [1.82, 2.24) is 0 Å². The third-order valence-corrected chi connectivity index (χ3v) is 22.9. The average molecular weight is 1500 g/mol. The highest BCUT2D eigenvalue weighted by Gasteiger charge is 2.22. The molecule has 0 aliphatic heterocycles. The van der Waals surface area contributed by atoms with Crippen molar-refractivity contribution in [2.75, 3.05) is 47.5 Å². The van der Waals surface area contributed by atoms with Crippen LogP contribution in [-0.4, -0.2) is 70.0 Å². The van der Waals surface area contributed by atoms with Gasteiger partial charge in [0.15, 0.2) is 6.10 Å².